The van der Waals surface area contributed by atoms with Crippen molar-refractivity contribution in [2.24, 2.45) is 0 Å². The zero-order valence-corrected chi connectivity index (χ0v) is 18.2. The number of aromatic nitrogens is 3. The Morgan fingerprint density at radius 3 is 2.69 bits per heavy atom. The van der Waals surface area contributed by atoms with E-state index in [1.165, 1.54) is 30.6 Å². The van der Waals surface area contributed by atoms with E-state index >= 15 is 0 Å². The van der Waals surface area contributed by atoms with Gasteiger partial charge in [-0.2, -0.15) is 5.26 Å². The maximum absolute atomic E-state index is 11.0. The van der Waals surface area contributed by atoms with E-state index in [-0.39, 0.29) is 0 Å². The van der Waals surface area contributed by atoms with Gasteiger partial charge in [-0.15, -0.1) is 11.3 Å². The lowest BCUT2D eigenvalue weighted by molar-refractivity contribution is 0.224. The zero-order valence-electron chi connectivity index (χ0n) is 17.4. The average Bonchev–Trinajstić information content (AvgIpc) is 3.29. The molecular weight excluding hydrogens is 420 g/mol. The van der Waals surface area contributed by atoms with Gasteiger partial charge in [-0.3, -0.25) is 0 Å². The van der Waals surface area contributed by atoms with E-state index in [0.29, 0.717) is 27.4 Å². The van der Waals surface area contributed by atoms with Crippen molar-refractivity contribution in [1.82, 2.24) is 15.0 Å². The summed E-state index contributed by atoms with van der Waals surface area (Å²) in [5, 5.41) is 20.8. The number of anilines is 2. The van der Waals surface area contributed by atoms with E-state index in [1.54, 1.807) is 24.4 Å². The molecule has 1 fully saturated rings. The molecule has 4 aromatic rings. The first-order valence-electron chi connectivity index (χ1n) is 10.6. The third kappa shape index (κ3) is 3.88. The van der Waals surface area contributed by atoms with Crippen LogP contribution in [0.5, 0.6) is 0 Å². The van der Waals surface area contributed by atoms with E-state index in [9.17, 15) is 5.11 Å². The first-order chi connectivity index (χ1) is 15.6. The van der Waals surface area contributed by atoms with Gasteiger partial charge in [0.2, 0.25) is 0 Å². The van der Waals surface area contributed by atoms with Crippen LogP contribution in [0.2, 0.25) is 0 Å². The maximum Gasteiger partial charge on any atom is 0.163 e. The van der Waals surface area contributed by atoms with Crippen molar-refractivity contribution in [2.75, 3.05) is 23.7 Å². The van der Waals surface area contributed by atoms with Crippen LogP contribution in [0.4, 0.5) is 11.6 Å². The minimum atomic E-state index is -0.818. The highest BCUT2D eigenvalue weighted by molar-refractivity contribution is 7.18. The number of nitriles is 1. The number of nitrogens with two attached hydrogens (primary N) is 1. The van der Waals surface area contributed by atoms with Gasteiger partial charge in [0, 0.05) is 35.3 Å². The summed E-state index contributed by atoms with van der Waals surface area (Å²) in [4.78, 5) is 17.4. The number of rotatable bonds is 4. The molecule has 1 aromatic carbocycles. The van der Waals surface area contributed by atoms with Gasteiger partial charge in [0.1, 0.15) is 22.6 Å². The van der Waals surface area contributed by atoms with E-state index in [2.05, 4.69) is 25.9 Å². The topological polar surface area (TPSA) is 112 Å². The highest BCUT2D eigenvalue weighted by Gasteiger charge is 2.19. The number of nitrogens with zero attached hydrogens (tertiary/aromatic N) is 5. The quantitative estimate of drug-likeness (QED) is 0.485. The number of aliphatic hydroxyl groups is 1. The Morgan fingerprint density at radius 2 is 1.94 bits per heavy atom. The largest absolute Gasteiger partial charge is 0.383 e. The Morgan fingerprint density at radius 1 is 1.09 bits per heavy atom. The second-order valence-corrected chi connectivity index (χ2v) is 8.95. The molecule has 32 heavy (non-hydrogen) atoms. The van der Waals surface area contributed by atoms with Crippen molar-refractivity contribution in [3.63, 3.8) is 0 Å². The molecular formula is C24H22N6OS. The van der Waals surface area contributed by atoms with Crippen molar-refractivity contribution in [1.29, 1.82) is 5.26 Å². The minimum Gasteiger partial charge on any atom is -0.383 e. The smallest absolute Gasteiger partial charge is 0.163 e. The maximum atomic E-state index is 11.0. The Balaban J connectivity index is 1.44. The van der Waals surface area contributed by atoms with Crippen LogP contribution in [-0.2, 0) is 0 Å². The molecule has 1 unspecified atom stereocenters. The summed E-state index contributed by atoms with van der Waals surface area (Å²) in [5.74, 6) is 1.76. The molecule has 0 radical (unpaired) electrons. The third-order valence-corrected chi connectivity index (χ3v) is 6.81. The monoisotopic (exact) mass is 442 g/mol. The Kier molecular flexibility index (Phi) is 5.43. The molecule has 0 spiro atoms. The van der Waals surface area contributed by atoms with Gasteiger partial charge in [-0.25, -0.2) is 15.0 Å². The number of hydrogen-bond acceptors (Lipinski definition) is 8. The molecule has 8 heteroatoms. The number of fused-ring (bicyclic) bond motifs is 1. The predicted octanol–water partition coefficient (Wildman–Crippen LogP) is 4.28. The van der Waals surface area contributed by atoms with Crippen LogP contribution in [0, 0.1) is 11.3 Å². The normalized spacial score (nSPS) is 14.9. The summed E-state index contributed by atoms with van der Waals surface area (Å²) in [6.07, 6.45) is 4.59. The molecule has 0 bridgehead atoms. The number of thiophene rings is 1. The standard InChI is InChI=1S/C24H22N6OS/c25-13-15-5-4-6-16(11-15)23-28-22(26)18-12-19(32-24(18)29-23)21(31)17-7-8-20(27-14-17)30-9-2-1-3-10-30/h4-8,11-12,14,21,31H,1-3,9-10H2,(H2,26,28,29). The van der Waals surface area contributed by atoms with Crippen molar-refractivity contribution in [2.45, 2.75) is 25.4 Å². The molecule has 0 aliphatic carbocycles. The lowest BCUT2D eigenvalue weighted by atomic mass is 10.1. The lowest BCUT2D eigenvalue weighted by Crippen LogP contribution is -2.30. The van der Waals surface area contributed by atoms with Crippen molar-refractivity contribution in [3.8, 4) is 17.5 Å². The van der Waals surface area contributed by atoms with Crippen LogP contribution < -0.4 is 10.6 Å². The third-order valence-electron chi connectivity index (χ3n) is 5.73. The van der Waals surface area contributed by atoms with E-state index in [0.717, 1.165) is 34.9 Å². The number of nitrogen functional groups attached to an aromatic ring is 1. The highest BCUT2D eigenvalue weighted by Crippen LogP contribution is 2.35. The SMILES string of the molecule is N#Cc1cccc(-c2nc(N)c3cc(C(O)c4ccc(N5CCCCC5)nc4)sc3n2)c1. The van der Waals surface area contributed by atoms with Gasteiger partial charge in [-0.1, -0.05) is 18.2 Å². The first-order valence-corrected chi connectivity index (χ1v) is 11.4. The minimum absolute atomic E-state index is 0.348. The van der Waals surface area contributed by atoms with Crippen molar-refractivity contribution in [3.05, 3.63) is 64.7 Å². The number of piperidine rings is 1. The van der Waals surface area contributed by atoms with E-state index in [1.807, 2.05) is 24.3 Å². The molecule has 3 aromatic heterocycles. The summed E-state index contributed by atoms with van der Waals surface area (Å²) in [6.45, 7) is 2.06. The molecule has 7 nitrogen and oxygen atoms in total. The highest BCUT2D eigenvalue weighted by atomic mass is 32.1. The number of pyridine rings is 1. The number of hydrogen-bond donors (Lipinski definition) is 2. The van der Waals surface area contributed by atoms with Crippen LogP contribution >= 0.6 is 11.3 Å². The van der Waals surface area contributed by atoms with Gasteiger partial charge in [0.25, 0.3) is 0 Å². The fourth-order valence-electron chi connectivity index (χ4n) is 3.99. The Bertz CT molecular complexity index is 1300. The molecule has 160 valence electrons. The second kappa shape index (κ2) is 8.54. The molecule has 1 atom stereocenters. The van der Waals surface area contributed by atoms with Crippen LogP contribution in [-0.4, -0.2) is 33.1 Å². The van der Waals surface area contributed by atoms with Crippen molar-refractivity contribution < 1.29 is 5.11 Å². The molecule has 0 saturated carbocycles. The van der Waals surface area contributed by atoms with Crippen LogP contribution in [0.25, 0.3) is 21.6 Å². The molecule has 3 N–H and O–H groups in total. The summed E-state index contributed by atoms with van der Waals surface area (Å²) >= 11 is 1.38. The Labute approximate surface area is 189 Å². The van der Waals surface area contributed by atoms with Gasteiger partial charge in [-0.05, 0) is 43.5 Å². The molecule has 1 aliphatic rings. The first kappa shape index (κ1) is 20.4. The summed E-state index contributed by atoms with van der Waals surface area (Å²) in [5.41, 5.74) is 8.20. The fourth-order valence-corrected chi connectivity index (χ4v) is 5.04. The average molecular weight is 443 g/mol. The fraction of sp³-hybridized carbons (Fsp3) is 0.250. The molecule has 1 saturated heterocycles. The van der Waals surface area contributed by atoms with Crippen molar-refractivity contribution >= 4 is 33.2 Å². The van der Waals surface area contributed by atoms with E-state index in [4.69, 9.17) is 11.0 Å². The molecule has 1 aliphatic heterocycles. The molecule has 0 amide bonds. The molecule has 5 rings (SSSR count). The predicted molar refractivity (Wildman–Crippen MR) is 126 cm³/mol. The second-order valence-electron chi connectivity index (χ2n) is 7.89. The summed E-state index contributed by atoms with van der Waals surface area (Å²) in [6, 6.07) is 15.0. The van der Waals surface area contributed by atoms with E-state index < -0.39 is 6.10 Å². The van der Waals surface area contributed by atoms with Crippen LogP contribution in [0.1, 0.15) is 41.4 Å². The van der Waals surface area contributed by atoms with Gasteiger partial charge in [0.15, 0.2) is 5.82 Å². The Hall–Kier alpha value is -3.54. The van der Waals surface area contributed by atoms with Gasteiger partial charge >= 0.3 is 0 Å². The number of benzene rings is 1. The lowest BCUT2D eigenvalue weighted by Gasteiger charge is -2.27. The number of aliphatic hydroxyl groups excluding tert-OH is 1. The summed E-state index contributed by atoms with van der Waals surface area (Å²) in [7, 11) is 0. The molecule has 4 heterocycles. The van der Waals surface area contributed by atoms with Gasteiger partial charge in [0.05, 0.1) is 17.0 Å². The van der Waals surface area contributed by atoms with Crippen LogP contribution in [0.3, 0.4) is 0 Å². The van der Waals surface area contributed by atoms with Crippen LogP contribution in [0.15, 0.2) is 48.7 Å². The summed E-state index contributed by atoms with van der Waals surface area (Å²) < 4.78 is 0. The van der Waals surface area contributed by atoms with Gasteiger partial charge < -0.3 is 15.7 Å². The zero-order chi connectivity index (χ0) is 22.1.